The molecule has 0 radical (unpaired) electrons. The van der Waals surface area contributed by atoms with Crippen LogP contribution < -0.4 is 11.1 Å². The minimum absolute atomic E-state index is 0. The van der Waals surface area contributed by atoms with Crippen molar-refractivity contribution in [2.45, 2.75) is 37.8 Å². The lowest BCUT2D eigenvalue weighted by molar-refractivity contribution is -0.128. The number of rotatable bonds is 3. The Kier molecular flexibility index (Phi) is 6.92. The first kappa shape index (κ1) is 15.7. The standard InChI is InChI=1S/C12H22N2O3.ClH/c13-10-3-1-2-9(6-10)12(15)14-7-11-8-16-4-5-17-11;/h9-11H,1-8,13H2,(H,14,15);1H. The number of amides is 1. The van der Waals surface area contributed by atoms with E-state index in [-0.39, 0.29) is 36.4 Å². The van der Waals surface area contributed by atoms with Gasteiger partial charge in [-0.15, -0.1) is 12.4 Å². The molecule has 2 rings (SSSR count). The highest BCUT2D eigenvalue weighted by molar-refractivity contribution is 5.85. The fraction of sp³-hybridized carbons (Fsp3) is 0.917. The van der Waals surface area contributed by atoms with E-state index in [0.717, 1.165) is 25.7 Å². The Bertz CT molecular complexity index is 260. The fourth-order valence-electron chi connectivity index (χ4n) is 2.48. The molecule has 1 amide bonds. The maximum Gasteiger partial charge on any atom is 0.223 e. The Morgan fingerprint density at radius 2 is 2.17 bits per heavy atom. The first-order chi connectivity index (χ1) is 8.25. The topological polar surface area (TPSA) is 73.6 Å². The zero-order valence-electron chi connectivity index (χ0n) is 10.6. The second kappa shape index (κ2) is 7.94. The van der Waals surface area contributed by atoms with Crippen LogP contribution in [-0.4, -0.2) is 44.4 Å². The molecule has 1 aliphatic carbocycles. The highest BCUT2D eigenvalue weighted by Gasteiger charge is 2.26. The van der Waals surface area contributed by atoms with Crippen LogP contribution in [0.5, 0.6) is 0 Å². The molecule has 0 aromatic rings. The van der Waals surface area contributed by atoms with Crippen LogP contribution in [0, 0.1) is 5.92 Å². The summed E-state index contributed by atoms with van der Waals surface area (Å²) in [6.07, 6.45) is 3.88. The Morgan fingerprint density at radius 1 is 1.33 bits per heavy atom. The van der Waals surface area contributed by atoms with E-state index in [2.05, 4.69) is 5.32 Å². The van der Waals surface area contributed by atoms with E-state index in [1.807, 2.05) is 0 Å². The summed E-state index contributed by atoms with van der Waals surface area (Å²) in [5.74, 6) is 0.206. The van der Waals surface area contributed by atoms with Crippen molar-refractivity contribution in [2.24, 2.45) is 11.7 Å². The highest BCUT2D eigenvalue weighted by Crippen LogP contribution is 2.23. The zero-order chi connectivity index (χ0) is 12.1. The number of carbonyl (C=O) groups excluding carboxylic acids is 1. The van der Waals surface area contributed by atoms with Gasteiger partial charge in [-0.3, -0.25) is 4.79 Å². The third-order valence-corrected chi connectivity index (χ3v) is 3.47. The molecule has 2 aliphatic rings. The smallest absolute Gasteiger partial charge is 0.223 e. The summed E-state index contributed by atoms with van der Waals surface area (Å²) in [6, 6.07) is 0.189. The lowest BCUT2D eigenvalue weighted by Crippen LogP contribution is -2.43. The van der Waals surface area contributed by atoms with Gasteiger partial charge in [0.15, 0.2) is 0 Å². The van der Waals surface area contributed by atoms with Crippen molar-refractivity contribution in [1.82, 2.24) is 5.32 Å². The van der Waals surface area contributed by atoms with Crippen LogP contribution in [0.4, 0.5) is 0 Å². The van der Waals surface area contributed by atoms with Gasteiger partial charge in [-0.25, -0.2) is 0 Å². The molecule has 18 heavy (non-hydrogen) atoms. The van der Waals surface area contributed by atoms with Crippen molar-refractivity contribution in [3.63, 3.8) is 0 Å². The lowest BCUT2D eigenvalue weighted by Gasteiger charge is -2.27. The quantitative estimate of drug-likeness (QED) is 0.787. The van der Waals surface area contributed by atoms with E-state index < -0.39 is 0 Å². The van der Waals surface area contributed by atoms with Crippen molar-refractivity contribution in [3.05, 3.63) is 0 Å². The molecule has 5 nitrogen and oxygen atoms in total. The van der Waals surface area contributed by atoms with Crippen molar-refractivity contribution in [1.29, 1.82) is 0 Å². The molecule has 0 bridgehead atoms. The summed E-state index contributed by atoms with van der Waals surface area (Å²) in [6.45, 7) is 2.39. The van der Waals surface area contributed by atoms with E-state index in [4.69, 9.17) is 15.2 Å². The molecule has 1 aliphatic heterocycles. The Hall–Kier alpha value is -0.360. The number of nitrogens with one attached hydrogen (secondary N) is 1. The Morgan fingerprint density at radius 3 is 2.83 bits per heavy atom. The molecule has 106 valence electrons. The van der Waals surface area contributed by atoms with E-state index in [0.29, 0.717) is 26.4 Å². The van der Waals surface area contributed by atoms with Gasteiger partial charge in [-0.05, 0) is 19.3 Å². The fourth-order valence-corrected chi connectivity index (χ4v) is 2.48. The van der Waals surface area contributed by atoms with Crippen LogP contribution in [0.25, 0.3) is 0 Å². The highest BCUT2D eigenvalue weighted by atomic mass is 35.5. The molecule has 1 heterocycles. The third kappa shape index (κ3) is 4.72. The molecule has 3 unspecified atom stereocenters. The van der Waals surface area contributed by atoms with Gasteiger partial charge >= 0.3 is 0 Å². The lowest BCUT2D eigenvalue weighted by atomic mass is 9.85. The zero-order valence-corrected chi connectivity index (χ0v) is 11.4. The third-order valence-electron chi connectivity index (χ3n) is 3.47. The predicted molar refractivity (Wildman–Crippen MR) is 70.8 cm³/mol. The predicted octanol–water partition coefficient (Wildman–Crippen LogP) is 0.457. The molecular weight excluding hydrogens is 256 g/mol. The maximum atomic E-state index is 11.9. The van der Waals surface area contributed by atoms with Crippen LogP contribution in [0.15, 0.2) is 0 Å². The molecule has 0 spiro atoms. The van der Waals surface area contributed by atoms with Gasteiger partial charge in [0.05, 0.1) is 25.9 Å². The number of halogens is 1. The van der Waals surface area contributed by atoms with Crippen LogP contribution in [-0.2, 0) is 14.3 Å². The van der Waals surface area contributed by atoms with Crippen molar-refractivity contribution in [3.8, 4) is 0 Å². The molecule has 1 saturated heterocycles. The van der Waals surface area contributed by atoms with Gasteiger partial charge in [0.1, 0.15) is 0 Å². The van der Waals surface area contributed by atoms with Crippen LogP contribution in [0.3, 0.4) is 0 Å². The second-order valence-corrected chi connectivity index (χ2v) is 4.94. The van der Waals surface area contributed by atoms with Gasteiger partial charge in [0, 0.05) is 18.5 Å². The van der Waals surface area contributed by atoms with Gasteiger partial charge in [0.2, 0.25) is 5.91 Å². The van der Waals surface area contributed by atoms with Gasteiger partial charge in [0.25, 0.3) is 0 Å². The summed E-state index contributed by atoms with van der Waals surface area (Å²) >= 11 is 0. The maximum absolute atomic E-state index is 11.9. The van der Waals surface area contributed by atoms with Gasteiger partial charge < -0.3 is 20.5 Å². The second-order valence-electron chi connectivity index (χ2n) is 4.94. The summed E-state index contributed by atoms with van der Waals surface area (Å²) < 4.78 is 10.8. The summed E-state index contributed by atoms with van der Waals surface area (Å²) in [7, 11) is 0. The van der Waals surface area contributed by atoms with Crippen LogP contribution in [0.1, 0.15) is 25.7 Å². The van der Waals surface area contributed by atoms with Crippen molar-refractivity contribution in [2.75, 3.05) is 26.4 Å². The molecule has 2 fully saturated rings. The van der Waals surface area contributed by atoms with Crippen LogP contribution in [0.2, 0.25) is 0 Å². The normalized spacial score (nSPS) is 32.4. The van der Waals surface area contributed by atoms with Crippen molar-refractivity contribution >= 4 is 18.3 Å². The molecule has 3 atom stereocenters. The molecular formula is C12H23ClN2O3. The molecule has 0 aromatic heterocycles. The van der Waals surface area contributed by atoms with Gasteiger partial charge in [-0.1, -0.05) is 6.42 Å². The van der Waals surface area contributed by atoms with E-state index in [1.54, 1.807) is 0 Å². The van der Waals surface area contributed by atoms with E-state index in [1.165, 1.54) is 0 Å². The number of hydrogen-bond donors (Lipinski definition) is 2. The SMILES string of the molecule is Cl.NC1CCCC(C(=O)NCC2COCCO2)C1. The van der Waals surface area contributed by atoms with E-state index >= 15 is 0 Å². The molecule has 0 aromatic carbocycles. The summed E-state index contributed by atoms with van der Waals surface area (Å²) in [5, 5.41) is 2.94. The largest absolute Gasteiger partial charge is 0.376 e. The van der Waals surface area contributed by atoms with E-state index in [9.17, 15) is 4.79 Å². The first-order valence-electron chi connectivity index (χ1n) is 6.48. The number of nitrogens with two attached hydrogens (primary N) is 1. The Labute approximate surface area is 114 Å². The molecule has 3 N–H and O–H groups in total. The minimum Gasteiger partial charge on any atom is -0.376 e. The summed E-state index contributed by atoms with van der Waals surface area (Å²) in [5.41, 5.74) is 5.88. The first-order valence-corrected chi connectivity index (χ1v) is 6.48. The summed E-state index contributed by atoms with van der Waals surface area (Å²) in [4.78, 5) is 11.9. The minimum atomic E-state index is 0. The van der Waals surface area contributed by atoms with Crippen LogP contribution >= 0.6 is 12.4 Å². The average Bonchev–Trinajstić information content (AvgIpc) is 2.37. The van der Waals surface area contributed by atoms with Gasteiger partial charge in [-0.2, -0.15) is 0 Å². The Balaban J connectivity index is 0.00000162. The monoisotopic (exact) mass is 278 g/mol. The number of carbonyl (C=O) groups is 1. The average molecular weight is 279 g/mol. The van der Waals surface area contributed by atoms with Crippen molar-refractivity contribution < 1.29 is 14.3 Å². The molecule has 1 saturated carbocycles. The number of hydrogen-bond acceptors (Lipinski definition) is 4. The molecule has 6 heteroatoms. The number of ether oxygens (including phenoxy) is 2.